The highest BCUT2D eigenvalue weighted by atomic mass is 14.9. The molecule has 1 aromatic carbocycles. The summed E-state index contributed by atoms with van der Waals surface area (Å²) in [6, 6.07) is 11.6. The minimum Gasteiger partial charge on any atom is -0.317 e. The first kappa shape index (κ1) is 30.1. The van der Waals surface area contributed by atoms with Crippen molar-refractivity contribution in [3.63, 3.8) is 0 Å². The summed E-state index contributed by atoms with van der Waals surface area (Å²) in [7, 11) is 0. The van der Waals surface area contributed by atoms with Gasteiger partial charge in [-0.15, -0.1) is 0 Å². The van der Waals surface area contributed by atoms with Crippen LogP contribution in [0, 0.1) is 0 Å². The van der Waals surface area contributed by atoms with Gasteiger partial charge in [-0.05, 0) is 89.7 Å². The summed E-state index contributed by atoms with van der Waals surface area (Å²) in [4.78, 5) is 0. The van der Waals surface area contributed by atoms with Gasteiger partial charge in [0, 0.05) is 6.04 Å². The fraction of sp³-hybridized carbons (Fsp3) is 0.800. The van der Waals surface area contributed by atoms with Gasteiger partial charge in [0.05, 0.1) is 0 Å². The molecule has 0 atom stereocenters. The molecule has 1 aromatic rings. The zero-order valence-electron chi connectivity index (χ0n) is 22.3. The molecule has 3 heteroatoms. The second-order valence-corrected chi connectivity index (χ2v) is 9.85. The molecule has 0 unspecified atom stereocenters. The summed E-state index contributed by atoms with van der Waals surface area (Å²) in [5, 5.41) is 11.2. The third kappa shape index (κ3) is 20.2. The van der Waals surface area contributed by atoms with Gasteiger partial charge in [-0.1, -0.05) is 95.5 Å². The molecule has 3 nitrogen and oxygen atoms in total. The Labute approximate surface area is 207 Å². The number of nitrogens with one attached hydrogen (secondary N) is 3. The maximum atomic E-state index is 3.88. The van der Waals surface area contributed by atoms with Crippen molar-refractivity contribution in [3.8, 4) is 0 Å². The van der Waals surface area contributed by atoms with E-state index in [4.69, 9.17) is 0 Å². The van der Waals surface area contributed by atoms with E-state index in [0.717, 1.165) is 6.54 Å². The van der Waals surface area contributed by atoms with Gasteiger partial charge in [0.15, 0.2) is 0 Å². The molecule has 192 valence electrons. The highest BCUT2D eigenvalue weighted by Gasteiger charge is 2.08. The van der Waals surface area contributed by atoms with Gasteiger partial charge in [-0.3, -0.25) is 0 Å². The predicted molar refractivity (Wildman–Crippen MR) is 148 cm³/mol. The first-order valence-electron chi connectivity index (χ1n) is 14.6. The largest absolute Gasteiger partial charge is 0.317 e. The topological polar surface area (TPSA) is 36.1 Å². The van der Waals surface area contributed by atoms with Crippen molar-refractivity contribution in [3.05, 3.63) is 35.9 Å². The third-order valence-corrected chi connectivity index (χ3v) is 6.64. The zero-order valence-corrected chi connectivity index (χ0v) is 22.3. The number of unbranched alkanes of at least 4 members (excludes halogenated alkanes) is 8. The molecule has 0 aliphatic rings. The molecular formula is C30H57N3. The van der Waals surface area contributed by atoms with Crippen molar-refractivity contribution in [1.29, 1.82) is 0 Å². The molecule has 0 radical (unpaired) electrons. The summed E-state index contributed by atoms with van der Waals surface area (Å²) in [5.41, 5.74) is 1.46. The quantitative estimate of drug-likeness (QED) is 0.135. The van der Waals surface area contributed by atoms with Gasteiger partial charge < -0.3 is 16.0 Å². The fourth-order valence-electron chi connectivity index (χ4n) is 4.50. The van der Waals surface area contributed by atoms with Crippen molar-refractivity contribution < 1.29 is 0 Å². The van der Waals surface area contributed by atoms with Crippen LogP contribution in [0.1, 0.15) is 116 Å². The molecule has 0 heterocycles. The monoisotopic (exact) mass is 459 g/mol. The normalized spacial score (nSPS) is 11.5. The lowest BCUT2D eigenvalue weighted by molar-refractivity contribution is 0.416. The fourth-order valence-corrected chi connectivity index (χ4v) is 4.50. The molecule has 0 bridgehead atoms. The number of benzene rings is 1. The van der Waals surface area contributed by atoms with Crippen LogP contribution in [-0.4, -0.2) is 38.8 Å². The molecule has 1 rings (SSSR count). The summed E-state index contributed by atoms with van der Waals surface area (Å²) in [5.74, 6) is 0. The van der Waals surface area contributed by atoms with Crippen molar-refractivity contribution >= 4 is 0 Å². The Morgan fingerprint density at radius 1 is 0.545 bits per heavy atom. The van der Waals surface area contributed by atoms with Crippen molar-refractivity contribution in [2.75, 3.05) is 32.7 Å². The maximum absolute atomic E-state index is 3.88. The lowest BCUT2D eigenvalue weighted by Crippen LogP contribution is -2.32. The Kier molecular flexibility index (Phi) is 22.1. The summed E-state index contributed by atoms with van der Waals surface area (Å²) in [6.45, 7) is 10.4. The van der Waals surface area contributed by atoms with E-state index >= 15 is 0 Å². The Bertz CT molecular complexity index is 469. The zero-order chi connectivity index (χ0) is 23.7. The van der Waals surface area contributed by atoms with Crippen molar-refractivity contribution in [1.82, 2.24) is 16.0 Å². The van der Waals surface area contributed by atoms with E-state index in [1.807, 2.05) is 0 Å². The highest BCUT2D eigenvalue weighted by molar-refractivity contribution is 5.14. The maximum Gasteiger partial charge on any atom is 0.00680 e. The minimum atomic E-state index is 0.665. The second kappa shape index (κ2) is 24.2. The summed E-state index contributed by atoms with van der Waals surface area (Å²) in [6.07, 6.45) is 21.3. The standard InChI is InChI=1S/C30H57N3/c1-3-5-7-9-14-24-31-26-17-22-30(23-18-27-32-25-15-10-8-6-4-2)33-28-16-21-29-19-12-11-13-20-29/h11-13,19-20,30-33H,3-10,14-18,21-28H2,1-2H3. The van der Waals surface area contributed by atoms with Gasteiger partial charge >= 0.3 is 0 Å². The minimum absolute atomic E-state index is 0.665. The van der Waals surface area contributed by atoms with Crippen LogP contribution >= 0.6 is 0 Å². The van der Waals surface area contributed by atoms with Crippen LogP contribution in [0.15, 0.2) is 30.3 Å². The highest BCUT2D eigenvalue weighted by Crippen LogP contribution is 2.07. The number of rotatable bonds is 25. The smallest absolute Gasteiger partial charge is 0.00680 e. The number of hydrogen-bond donors (Lipinski definition) is 3. The lowest BCUT2D eigenvalue weighted by Gasteiger charge is -2.19. The lowest BCUT2D eigenvalue weighted by atomic mass is 10.0. The van der Waals surface area contributed by atoms with Gasteiger partial charge in [-0.2, -0.15) is 0 Å². The molecule has 0 amide bonds. The van der Waals surface area contributed by atoms with Crippen LogP contribution in [0.5, 0.6) is 0 Å². The molecule has 0 spiro atoms. The molecule has 0 aromatic heterocycles. The predicted octanol–water partition coefficient (Wildman–Crippen LogP) is 7.26. The summed E-state index contributed by atoms with van der Waals surface area (Å²) < 4.78 is 0. The molecule has 0 saturated heterocycles. The molecule has 33 heavy (non-hydrogen) atoms. The first-order chi connectivity index (χ1) is 16.4. The van der Waals surface area contributed by atoms with Crippen LogP contribution in [0.25, 0.3) is 0 Å². The Morgan fingerprint density at radius 3 is 1.61 bits per heavy atom. The van der Waals surface area contributed by atoms with Crippen molar-refractivity contribution in [2.24, 2.45) is 0 Å². The Balaban J connectivity index is 2.14. The number of hydrogen-bond acceptors (Lipinski definition) is 3. The van der Waals surface area contributed by atoms with Crippen LogP contribution < -0.4 is 16.0 Å². The van der Waals surface area contributed by atoms with E-state index in [-0.39, 0.29) is 0 Å². The van der Waals surface area contributed by atoms with E-state index < -0.39 is 0 Å². The first-order valence-corrected chi connectivity index (χ1v) is 14.6. The SMILES string of the molecule is CCCCCCCNCCCC(CCCNCCCCCCC)NCCCc1ccccc1. The van der Waals surface area contributed by atoms with E-state index in [0.29, 0.717) is 6.04 Å². The van der Waals surface area contributed by atoms with Crippen LogP contribution in [-0.2, 0) is 6.42 Å². The molecule has 0 aliphatic carbocycles. The average molecular weight is 460 g/mol. The Hall–Kier alpha value is -0.900. The molecule has 3 N–H and O–H groups in total. The van der Waals surface area contributed by atoms with Gasteiger partial charge in [0.2, 0.25) is 0 Å². The van der Waals surface area contributed by atoms with Crippen LogP contribution in [0.2, 0.25) is 0 Å². The van der Waals surface area contributed by atoms with Crippen LogP contribution in [0.3, 0.4) is 0 Å². The van der Waals surface area contributed by atoms with E-state index in [1.165, 1.54) is 134 Å². The molecule has 0 fully saturated rings. The molecule has 0 saturated carbocycles. The van der Waals surface area contributed by atoms with Gasteiger partial charge in [0.1, 0.15) is 0 Å². The second-order valence-electron chi connectivity index (χ2n) is 9.85. The number of aryl methyl sites for hydroxylation is 1. The van der Waals surface area contributed by atoms with E-state index in [9.17, 15) is 0 Å². The van der Waals surface area contributed by atoms with E-state index in [2.05, 4.69) is 60.1 Å². The van der Waals surface area contributed by atoms with Gasteiger partial charge in [0.25, 0.3) is 0 Å². The van der Waals surface area contributed by atoms with E-state index in [1.54, 1.807) is 0 Å². The Morgan fingerprint density at radius 2 is 1.06 bits per heavy atom. The summed E-state index contributed by atoms with van der Waals surface area (Å²) >= 11 is 0. The van der Waals surface area contributed by atoms with Crippen LogP contribution in [0.4, 0.5) is 0 Å². The molecule has 0 aliphatic heterocycles. The van der Waals surface area contributed by atoms with Crippen molar-refractivity contribution in [2.45, 2.75) is 123 Å². The van der Waals surface area contributed by atoms with Gasteiger partial charge in [-0.25, -0.2) is 0 Å². The third-order valence-electron chi connectivity index (χ3n) is 6.64. The average Bonchev–Trinajstić information content (AvgIpc) is 2.84. The molecular weight excluding hydrogens is 402 g/mol.